The molecule has 202 valence electrons. The van der Waals surface area contributed by atoms with Crippen LogP contribution in [0.15, 0.2) is 0 Å². The number of rotatable bonds is 8. The van der Waals surface area contributed by atoms with Gasteiger partial charge in [-0.15, -0.1) is 0 Å². The van der Waals surface area contributed by atoms with Crippen molar-refractivity contribution >= 4 is 17.8 Å². The molecule has 0 bridgehead atoms. The fraction of sp³-hybridized carbons (Fsp3) is 0.875. The molecule has 2 saturated heterocycles. The quantitative estimate of drug-likeness (QED) is 0.408. The summed E-state index contributed by atoms with van der Waals surface area (Å²) in [5, 5.41) is 13.2. The normalized spacial score (nSPS) is 29.1. The number of nitrogens with two attached hydrogens (primary N) is 1. The molecule has 0 aromatic rings. The van der Waals surface area contributed by atoms with E-state index >= 15 is 0 Å². The number of fused-ring (bicyclic) bond motifs is 1. The van der Waals surface area contributed by atoms with Gasteiger partial charge in [-0.25, -0.2) is 4.79 Å². The first-order valence-electron chi connectivity index (χ1n) is 12.0. The van der Waals surface area contributed by atoms with Gasteiger partial charge in [-0.05, 0) is 61.8 Å². The summed E-state index contributed by atoms with van der Waals surface area (Å²) in [6.07, 6.45) is -4.16. The number of ether oxygens (including phenoxy) is 5. The average molecular weight is 503 g/mol. The highest BCUT2D eigenvalue weighted by atomic mass is 16.8. The van der Waals surface area contributed by atoms with Gasteiger partial charge in [0.25, 0.3) is 0 Å². The van der Waals surface area contributed by atoms with E-state index in [-0.39, 0.29) is 25.8 Å². The molecule has 2 rings (SSSR count). The Kier molecular flexibility index (Phi) is 9.32. The van der Waals surface area contributed by atoms with E-state index in [0.717, 1.165) is 0 Å². The van der Waals surface area contributed by atoms with Crippen LogP contribution in [0.4, 0.5) is 0 Å². The summed E-state index contributed by atoms with van der Waals surface area (Å²) >= 11 is 0. The summed E-state index contributed by atoms with van der Waals surface area (Å²) in [6, 6.07) is -1.07. The van der Waals surface area contributed by atoms with Crippen molar-refractivity contribution in [3.05, 3.63) is 0 Å². The number of nitrogens with one attached hydrogen (secondary N) is 1. The minimum Gasteiger partial charge on any atom is -0.460 e. The van der Waals surface area contributed by atoms with Gasteiger partial charge in [-0.2, -0.15) is 0 Å². The van der Waals surface area contributed by atoms with Crippen molar-refractivity contribution in [2.24, 2.45) is 5.73 Å². The number of carbonyl (C=O) groups excluding carboxylic acids is 3. The number of esters is 2. The third-order valence-corrected chi connectivity index (χ3v) is 5.30. The van der Waals surface area contributed by atoms with Crippen LogP contribution in [0.5, 0.6) is 0 Å². The van der Waals surface area contributed by atoms with Gasteiger partial charge >= 0.3 is 11.9 Å². The third-order valence-electron chi connectivity index (χ3n) is 5.30. The monoisotopic (exact) mass is 502 g/mol. The summed E-state index contributed by atoms with van der Waals surface area (Å²) in [6.45, 7) is 13.8. The number of hydrogen-bond donors (Lipinski definition) is 3. The van der Waals surface area contributed by atoms with E-state index in [4.69, 9.17) is 29.4 Å². The first kappa shape index (κ1) is 29.4. The Bertz CT molecular complexity index is 772. The Labute approximate surface area is 207 Å². The highest BCUT2D eigenvalue weighted by Gasteiger charge is 2.54. The third kappa shape index (κ3) is 8.98. The molecule has 11 heteroatoms. The molecule has 2 aliphatic rings. The van der Waals surface area contributed by atoms with Gasteiger partial charge in [0, 0.05) is 13.0 Å². The van der Waals surface area contributed by atoms with Crippen molar-refractivity contribution in [1.29, 1.82) is 0 Å². The minimum atomic E-state index is -1.07. The van der Waals surface area contributed by atoms with Crippen LogP contribution in [0, 0.1) is 0 Å². The molecule has 2 heterocycles. The lowest BCUT2D eigenvalue weighted by atomic mass is 9.93. The van der Waals surface area contributed by atoms with Gasteiger partial charge in [0.2, 0.25) is 5.91 Å². The molecule has 1 amide bonds. The molecule has 6 atom stereocenters. The van der Waals surface area contributed by atoms with E-state index in [1.165, 1.54) is 0 Å². The molecule has 11 nitrogen and oxygen atoms in total. The zero-order valence-electron chi connectivity index (χ0n) is 22.1. The summed E-state index contributed by atoms with van der Waals surface area (Å²) < 4.78 is 28.3. The fourth-order valence-corrected chi connectivity index (χ4v) is 4.03. The summed E-state index contributed by atoms with van der Waals surface area (Å²) in [4.78, 5) is 38.0. The zero-order chi connectivity index (χ0) is 26.8. The van der Waals surface area contributed by atoms with Crippen molar-refractivity contribution < 1.29 is 43.2 Å². The molecule has 0 unspecified atom stereocenters. The van der Waals surface area contributed by atoms with Gasteiger partial charge in [0.15, 0.2) is 5.79 Å². The molecule has 0 aliphatic carbocycles. The van der Waals surface area contributed by atoms with Crippen molar-refractivity contribution in [3.63, 3.8) is 0 Å². The van der Waals surface area contributed by atoms with Gasteiger partial charge in [0.05, 0.1) is 18.6 Å². The smallest absolute Gasteiger partial charge is 0.329 e. The van der Waals surface area contributed by atoms with Crippen LogP contribution in [0.25, 0.3) is 0 Å². The zero-order valence-corrected chi connectivity index (χ0v) is 22.1. The Morgan fingerprint density at radius 2 is 1.57 bits per heavy atom. The van der Waals surface area contributed by atoms with Gasteiger partial charge in [0.1, 0.15) is 35.6 Å². The van der Waals surface area contributed by atoms with Crippen LogP contribution < -0.4 is 11.1 Å². The van der Waals surface area contributed by atoms with Crippen molar-refractivity contribution in [3.8, 4) is 0 Å². The highest BCUT2D eigenvalue weighted by molar-refractivity contribution is 5.85. The molecule has 0 aromatic heterocycles. The minimum absolute atomic E-state index is 0.00389. The molecule has 2 aliphatic heterocycles. The maximum absolute atomic E-state index is 13.0. The van der Waals surface area contributed by atoms with Crippen molar-refractivity contribution in [2.45, 2.75) is 128 Å². The Morgan fingerprint density at radius 3 is 2.11 bits per heavy atom. The van der Waals surface area contributed by atoms with Crippen molar-refractivity contribution in [2.75, 3.05) is 6.54 Å². The molecule has 2 fully saturated rings. The van der Waals surface area contributed by atoms with Gasteiger partial charge in [-0.3, -0.25) is 9.59 Å². The standard InChI is InChI=1S/C24H42N2O9/c1-22(2,3)32-17(28)10-9-13(21(30)35-23(4,5)6)26-16(27)11-14-19-20(34-24(7,8)33-19)18(29)15(12-25)31-14/h13-15,18-20,29H,9-12,25H2,1-8H3,(H,26,27)/t13-,14-,15+,18+,19+,20-/m0/s1. The largest absolute Gasteiger partial charge is 0.460 e. The molecule has 0 saturated carbocycles. The van der Waals surface area contributed by atoms with E-state index < -0.39 is 71.4 Å². The number of hydrogen-bond acceptors (Lipinski definition) is 10. The number of carbonyl (C=O) groups is 3. The predicted molar refractivity (Wildman–Crippen MR) is 125 cm³/mol. The first-order valence-corrected chi connectivity index (χ1v) is 12.0. The number of aliphatic hydroxyl groups excluding tert-OH is 1. The van der Waals surface area contributed by atoms with Crippen LogP contribution in [-0.4, -0.2) is 83.0 Å². The van der Waals surface area contributed by atoms with Gasteiger partial charge in [-0.1, -0.05) is 0 Å². The second kappa shape index (κ2) is 11.1. The molecule has 0 spiro atoms. The molecule has 0 radical (unpaired) electrons. The topological polar surface area (TPSA) is 156 Å². The Morgan fingerprint density at radius 1 is 1.00 bits per heavy atom. The van der Waals surface area contributed by atoms with E-state index in [0.29, 0.717) is 0 Å². The van der Waals surface area contributed by atoms with Crippen LogP contribution in [0.1, 0.15) is 74.7 Å². The van der Waals surface area contributed by atoms with Crippen LogP contribution in [0.3, 0.4) is 0 Å². The van der Waals surface area contributed by atoms with Crippen molar-refractivity contribution in [1.82, 2.24) is 5.32 Å². The Balaban J connectivity index is 2.09. The van der Waals surface area contributed by atoms with E-state index in [2.05, 4.69) is 5.32 Å². The molecule has 35 heavy (non-hydrogen) atoms. The average Bonchev–Trinajstić information content (AvgIpc) is 3.00. The van der Waals surface area contributed by atoms with Crippen LogP contribution in [0.2, 0.25) is 0 Å². The lowest BCUT2D eigenvalue weighted by Crippen LogP contribution is -2.59. The first-order chi connectivity index (χ1) is 15.9. The lowest BCUT2D eigenvalue weighted by Gasteiger charge is -2.39. The fourth-order valence-electron chi connectivity index (χ4n) is 4.03. The summed E-state index contributed by atoms with van der Waals surface area (Å²) in [5.74, 6) is -2.62. The van der Waals surface area contributed by atoms with E-state index in [1.54, 1.807) is 55.4 Å². The lowest BCUT2D eigenvalue weighted by molar-refractivity contribution is -0.186. The summed E-state index contributed by atoms with van der Waals surface area (Å²) in [5.41, 5.74) is 4.29. The van der Waals surface area contributed by atoms with Gasteiger partial charge < -0.3 is 39.8 Å². The predicted octanol–water partition coefficient (Wildman–Crippen LogP) is 0.932. The maximum atomic E-state index is 13.0. The number of aliphatic hydroxyl groups is 1. The van der Waals surface area contributed by atoms with E-state index in [9.17, 15) is 19.5 Å². The second-order valence-corrected chi connectivity index (χ2v) is 11.5. The molecular weight excluding hydrogens is 460 g/mol. The Hall–Kier alpha value is -1.79. The summed E-state index contributed by atoms with van der Waals surface area (Å²) in [7, 11) is 0. The molecule has 0 aromatic carbocycles. The van der Waals surface area contributed by atoms with Crippen LogP contribution >= 0.6 is 0 Å². The SMILES string of the molecule is CC(C)(C)OC(=O)CC[C@H](NC(=O)C[C@@H]1O[C@H](CN)[C@@H](O)[C@@H]2OC(C)(C)O[C@@H]21)C(=O)OC(C)(C)C. The van der Waals surface area contributed by atoms with E-state index in [1.807, 2.05) is 0 Å². The molecular formula is C24H42N2O9. The highest BCUT2D eigenvalue weighted by Crippen LogP contribution is 2.38. The number of amides is 1. The van der Waals surface area contributed by atoms with Crippen LogP contribution in [-0.2, 0) is 38.1 Å². The second-order valence-electron chi connectivity index (χ2n) is 11.5. The molecule has 4 N–H and O–H groups in total. The maximum Gasteiger partial charge on any atom is 0.329 e.